The Bertz CT molecular complexity index is 502. The first-order valence-electron chi connectivity index (χ1n) is 7.02. The molecular weight excluding hydrogens is 230 g/mol. The lowest BCUT2D eigenvalue weighted by Gasteiger charge is -2.10. The van der Waals surface area contributed by atoms with Crippen LogP contribution in [0.25, 0.3) is 0 Å². The van der Waals surface area contributed by atoms with Gasteiger partial charge in [0.05, 0.1) is 0 Å². The maximum Gasteiger partial charge on any atom is 0.0396 e. The SMILES string of the molecule is CC(C)c1ccccc1.CN1CCc2ccccc21. The van der Waals surface area contributed by atoms with Gasteiger partial charge in [0.15, 0.2) is 0 Å². The van der Waals surface area contributed by atoms with E-state index in [0.717, 1.165) is 0 Å². The van der Waals surface area contributed by atoms with E-state index >= 15 is 0 Å². The minimum absolute atomic E-state index is 0.659. The third kappa shape index (κ3) is 3.60. The van der Waals surface area contributed by atoms with Crippen LogP contribution in [0.3, 0.4) is 0 Å². The van der Waals surface area contributed by atoms with Gasteiger partial charge in [-0.2, -0.15) is 0 Å². The number of benzene rings is 2. The molecule has 100 valence electrons. The van der Waals surface area contributed by atoms with Crippen molar-refractivity contribution in [2.45, 2.75) is 26.2 Å². The molecule has 2 aromatic rings. The van der Waals surface area contributed by atoms with E-state index in [2.05, 4.69) is 74.3 Å². The van der Waals surface area contributed by atoms with Crippen LogP contribution >= 0.6 is 0 Å². The molecule has 19 heavy (non-hydrogen) atoms. The highest BCUT2D eigenvalue weighted by atomic mass is 15.1. The third-order valence-electron chi connectivity index (χ3n) is 3.59. The maximum absolute atomic E-state index is 2.30. The number of nitrogens with zero attached hydrogens (tertiary/aromatic N) is 1. The molecule has 0 radical (unpaired) electrons. The molecule has 0 spiro atoms. The van der Waals surface area contributed by atoms with E-state index in [9.17, 15) is 0 Å². The van der Waals surface area contributed by atoms with E-state index in [-0.39, 0.29) is 0 Å². The smallest absolute Gasteiger partial charge is 0.0396 e. The highest BCUT2D eigenvalue weighted by Crippen LogP contribution is 2.25. The molecule has 1 heterocycles. The maximum atomic E-state index is 2.30. The predicted molar refractivity (Wildman–Crippen MR) is 83.9 cm³/mol. The van der Waals surface area contributed by atoms with Crippen LogP contribution in [0.15, 0.2) is 54.6 Å². The van der Waals surface area contributed by atoms with Gasteiger partial charge in [0.25, 0.3) is 0 Å². The van der Waals surface area contributed by atoms with Crippen LogP contribution in [-0.4, -0.2) is 13.6 Å². The first kappa shape index (κ1) is 13.7. The summed E-state index contributed by atoms with van der Waals surface area (Å²) in [4.78, 5) is 2.30. The van der Waals surface area contributed by atoms with Crippen LogP contribution in [0.2, 0.25) is 0 Å². The lowest BCUT2D eigenvalue weighted by molar-refractivity contribution is 0.867. The minimum Gasteiger partial charge on any atom is -0.374 e. The van der Waals surface area contributed by atoms with Crippen molar-refractivity contribution in [2.24, 2.45) is 0 Å². The quantitative estimate of drug-likeness (QED) is 0.724. The number of hydrogen-bond donors (Lipinski definition) is 0. The second kappa shape index (κ2) is 6.42. The molecule has 0 aromatic heterocycles. The molecule has 1 aliphatic heterocycles. The Morgan fingerprint density at radius 3 is 2.11 bits per heavy atom. The Labute approximate surface area is 116 Å². The first-order chi connectivity index (χ1) is 9.18. The molecule has 0 aliphatic carbocycles. The van der Waals surface area contributed by atoms with Crippen LogP contribution in [-0.2, 0) is 6.42 Å². The summed E-state index contributed by atoms with van der Waals surface area (Å²) < 4.78 is 0. The van der Waals surface area contributed by atoms with Gasteiger partial charge in [-0.3, -0.25) is 0 Å². The zero-order valence-corrected chi connectivity index (χ0v) is 12.1. The molecule has 0 amide bonds. The zero-order valence-electron chi connectivity index (χ0n) is 12.1. The van der Waals surface area contributed by atoms with Gasteiger partial charge >= 0.3 is 0 Å². The van der Waals surface area contributed by atoms with Crippen molar-refractivity contribution in [3.05, 3.63) is 65.7 Å². The Hall–Kier alpha value is -1.76. The van der Waals surface area contributed by atoms with E-state index in [0.29, 0.717) is 5.92 Å². The molecule has 3 rings (SSSR count). The summed E-state index contributed by atoms with van der Waals surface area (Å²) in [6, 6.07) is 19.1. The molecule has 0 N–H and O–H groups in total. The van der Waals surface area contributed by atoms with Crippen LogP contribution < -0.4 is 4.90 Å². The number of rotatable bonds is 1. The van der Waals surface area contributed by atoms with Crippen molar-refractivity contribution in [1.29, 1.82) is 0 Å². The molecular formula is C18H23N. The van der Waals surface area contributed by atoms with E-state index in [1.54, 1.807) is 0 Å². The van der Waals surface area contributed by atoms with Gasteiger partial charge in [0, 0.05) is 19.3 Å². The van der Waals surface area contributed by atoms with Crippen LogP contribution in [0.1, 0.15) is 30.9 Å². The standard InChI is InChI=1S/C9H11N.C9H12/c1-10-7-6-8-4-2-3-5-9(8)10;1-8(2)9-6-4-3-5-7-9/h2-5H,6-7H2,1H3;3-8H,1-2H3. The summed E-state index contributed by atoms with van der Waals surface area (Å²) >= 11 is 0. The van der Waals surface area contributed by atoms with Crippen LogP contribution in [0, 0.1) is 0 Å². The molecule has 1 nitrogen and oxygen atoms in total. The fourth-order valence-electron chi connectivity index (χ4n) is 2.34. The van der Waals surface area contributed by atoms with E-state index in [4.69, 9.17) is 0 Å². The first-order valence-corrected chi connectivity index (χ1v) is 7.02. The zero-order chi connectivity index (χ0) is 13.7. The summed E-state index contributed by atoms with van der Waals surface area (Å²) in [5, 5.41) is 0. The van der Waals surface area contributed by atoms with E-state index < -0.39 is 0 Å². The topological polar surface area (TPSA) is 3.24 Å². The summed E-state index contributed by atoms with van der Waals surface area (Å²) in [5.41, 5.74) is 4.31. The van der Waals surface area contributed by atoms with Crippen molar-refractivity contribution in [1.82, 2.24) is 0 Å². The molecule has 0 unspecified atom stereocenters. The van der Waals surface area contributed by atoms with Crippen molar-refractivity contribution in [2.75, 3.05) is 18.5 Å². The molecule has 1 aliphatic rings. The van der Waals surface area contributed by atoms with Gasteiger partial charge in [-0.15, -0.1) is 0 Å². The second-order valence-electron chi connectivity index (χ2n) is 5.37. The summed E-state index contributed by atoms with van der Waals surface area (Å²) in [7, 11) is 2.14. The van der Waals surface area contributed by atoms with Gasteiger partial charge < -0.3 is 4.90 Å². The summed E-state index contributed by atoms with van der Waals surface area (Å²) in [5.74, 6) is 0.659. The molecule has 2 aromatic carbocycles. The molecule has 0 saturated heterocycles. The normalized spacial score (nSPS) is 12.9. The fourth-order valence-corrected chi connectivity index (χ4v) is 2.34. The second-order valence-corrected chi connectivity index (χ2v) is 5.37. The number of likely N-dealkylation sites (N-methyl/N-ethyl adjacent to an activating group) is 1. The molecule has 0 atom stereocenters. The van der Waals surface area contributed by atoms with Crippen molar-refractivity contribution in [3.8, 4) is 0 Å². The van der Waals surface area contributed by atoms with Crippen LogP contribution in [0.4, 0.5) is 5.69 Å². The minimum atomic E-state index is 0.659. The van der Waals surface area contributed by atoms with Crippen molar-refractivity contribution >= 4 is 5.69 Å². The Morgan fingerprint density at radius 2 is 1.53 bits per heavy atom. The van der Waals surface area contributed by atoms with Gasteiger partial charge in [-0.1, -0.05) is 62.4 Å². The Balaban J connectivity index is 0.000000141. The summed E-state index contributed by atoms with van der Waals surface area (Å²) in [6.45, 7) is 5.59. The Kier molecular flexibility index (Phi) is 4.62. The largest absolute Gasteiger partial charge is 0.374 e. The fraction of sp³-hybridized carbons (Fsp3) is 0.333. The lowest BCUT2D eigenvalue weighted by atomic mass is 10.0. The van der Waals surface area contributed by atoms with Gasteiger partial charge in [0.2, 0.25) is 0 Å². The highest BCUT2D eigenvalue weighted by molar-refractivity contribution is 5.56. The Morgan fingerprint density at radius 1 is 0.895 bits per heavy atom. The number of anilines is 1. The summed E-state index contributed by atoms with van der Waals surface area (Å²) in [6.07, 6.45) is 1.21. The molecule has 0 bridgehead atoms. The molecule has 1 heteroatoms. The van der Waals surface area contributed by atoms with Gasteiger partial charge in [-0.05, 0) is 29.5 Å². The number of hydrogen-bond acceptors (Lipinski definition) is 1. The average molecular weight is 253 g/mol. The third-order valence-corrected chi connectivity index (χ3v) is 3.59. The average Bonchev–Trinajstić information content (AvgIpc) is 2.83. The molecule has 0 saturated carbocycles. The van der Waals surface area contributed by atoms with Crippen LogP contribution in [0.5, 0.6) is 0 Å². The molecule has 0 fully saturated rings. The van der Waals surface area contributed by atoms with Crippen molar-refractivity contribution in [3.63, 3.8) is 0 Å². The van der Waals surface area contributed by atoms with Crippen molar-refractivity contribution < 1.29 is 0 Å². The number of para-hydroxylation sites is 1. The van der Waals surface area contributed by atoms with E-state index in [1.807, 2.05) is 6.07 Å². The van der Waals surface area contributed by atoms with Gasteiger partial charge in [0.1, 0.15) is 0 Å². The monoisotopic (exact) mass is 253 g/mol. The lowest BCUT2D eigenvalue weighted by Crippen LogP contribution is -2.12. The van der Waals surface area contributed by atoms with E-state index in [1.165, 1.54) is 29.8 Å². The predicted octanol–water partition coefficient (Wildman–Crippen LogP) is 4.49. The highest BCUT2D eigenvalue weighted by Gasteiger charge is 2.12. The van der Waals surface area contributed by atoms with Gasteiger partial charge in [-0.25, -0.2) is 0 Å². The number of fused-ring (bicyclic) bond motifs is 1.